The molecule has 1 aromatic heterocycles. The molecule has 0 radical (unpaired) electrons. The molecular weight excluding hydrogens is 429 g/mol. The molecule has 2 heterocycles. The summed E-state index contributed by atoms with van der Waals surface area (Å²) >= 11 is 0. The Labute approximate surface area is 193 Å². The largest absolute Gasteiger partial charge is 0.461 e. The van der Waals surface area contributed by atoms with E-state index in [2.05, 4.69) is 18.9 Å². The minimum atomic E-state index is -2.32. The first-order chi connectivity index (χ1) is 15.5. The number of amides is 1. The number of esters is 1. The van der Waals surface area contributed by atoms with Crippen LogP contribution in [0.25, 0.3) is 5.69 Å². The Kier molecular flexibility index (Phi) is 7.29. The molecule has 33 heavy (non-hydrogen) atoms. The first kappa shape index (κ1) is 24.5. The highest BCUT2D eigenvalue weighted by molar-refractivity contribution is 5.73. The summed E-state index contributed by atoms with van der Waals surface area (Å²) in [7, 11) is 0. The van der Waals surface area contributed by atoms with Crippen molar-refractivity contribution in [2.24, 2.45) is 0 Å². The molecule has 1 aromatic carbocycles. The van der Waals surface area contributed by atoms with Gasteiger partial charge in [-0.15, -0.1) is 5.10 Å². The lowest BCUT2D eigenvalue weighted by atomic mass is 10.0. The predicted molar refractivity (Wildman–Crippen MR) is 120 cm³/mol. The summed E-state index contributed by atoms with van der Waals surface area (Å²) in [5.41, 5.74) is 2.64. The number of ether oxygens (including phenoxy) is 3. The number of rotatable bonds is 6. The summed E-state index contributed by atoms with van der Waals surface area (Å²) in [6.45, 7) is 11.7. The molecule has 1 aliphatic heterocycles. The maximum atomic E-state index is 14.4. The van der Waals surface area contributed by atoms with Gasteiger partial charge in [0.1, 0.15) is 5.60 Å². The Morgan fingerprint density at radius 1 is 1.18 bits per heavy atom. The van der Waals surface area contributed by atoms with Crippen LogP contribution in [-0.4, -0.2) is 51.9 Å². The Bertz CT molecular complexity index is 995. The molecule has 0 bridgehead atoms. The highest BCUT2D eigenvalue weighted by Crippen LogP contribution is 2.32. The molecule has 0 spiro atoms. The van der Waals surface area contributed by atoms with E-state index in [9.17, 15) is 14.0 Å². The summed E-state index contributed by atoms with van der Waals surface area (Å²) in [6.07, 6.45) is -2.33. The van der Waals surface area contributed by atoms with Gasteiger partial charge >= 0.3 is 18.4 Å². The van der Waals surface area contributed by atoms with E-state index in [-0.39, 0.29) is 19.0 Å². The van der Waals surface area contributed by atoms with Crippen LogP contribution in [0, 0.1) is 0 Å². The fourth-order valence-electron chi connectivity index (χ4n) is 3.53. The van der Waals surface area contributed by atoms with Crippen LogP contribution in [0.1, 0.15) is 64.3 Å². The minimum absolute atomic E-state index is 0.0315. The van der Waals surface area contributed by atoms with Gasteiger partial charge in [-0.1, -0.05) is 26.0 Å². The molecule has 180 valence electrons. The molecule has 3 rings (SSSR count). The zero-order chi connectivity index (χ0) is 24.3. The van der Waals surface area contributed by atoms with Crippen molar-refractivity contribution in [3.8, 4) is 11.6 Å². The van der Waals surface area contributed by atoms with Gasteiger partial charge in [0.05, 0.1) is 30.1 Å². The molecule has 2 aromatic rings. The molecular formula is C24H32FN3O5. The summed E-state index contributed by atoms with van der Waals surface area (Å²) in [4.78, 5) is 25.9. The predicted octanol–water partition coefficient (Wildman–Crippen LogP) is 4.53. The number of hydrogen-bond donors (Lipinski definition) is 0. The second-order valence-electron chi connectivity index (χ2n) is 9.23. The molecule has 0 saturated carbocycles. The summed E-state index contributed by atoms with van der Waals surface area (Å²) in [6, 6.07) is 7.90. The third-order valence-corrected chi connectivity index (χ3v) is 5.16. The van der Waals surface area contributed by atoms with Crippen molar-refractivity contribution < 1.29 is 28.2 Å². The average Bonchev–Trinajstić information content (AvgIpc) is 3.10. The lowest BCUT2D eigenvalue weighted by molar-refractivity contribution is -0.160. The number of fused-ring (bicyclic) bond motifs is 1. The maximum absolute atomic E-state index is 14.4. The molecule has 0 fully saturated rings. The van der Waals surface area contributed by atoms with Crippen molar-refractivity contribution in [1.82, 2.24) is 14.7 Å². The first-order valence-electron chi connectivity index (χ1n) is 11.2. The number of alkyl halides is 1. The van der Waals surface area contributed by atoms with Gasteiger partial charge in [0.25, 0.3) is 0 Å². The Balaban J connectivity index is 1.95. The molecule has 8 nitrogen and oxygen atoms in total. The zero-order valence-corrected chi connectivity index (χ0v) is 20.1. The summed E-state index contributed by atoms with van der Waals surface area (Å²) < 4.78 is 31.6. The lowest BCUT2D eigenvalue weighted by Gasteiger charge is -2.30. The van der Waals surface area contributed by atoms with Crippen LogP contribution >= 0.6 is 0 Å². The van der Waals surface area contributed by atoms with E-state index in [4.69, 9.17) is 14.2 Å². The molecule has 9 heteroatoms. The van der Waals surface area contributed by atoms with Gasteiger partial charge in [0, 0.05) is 13.0 Å². The number of nitrogens with zero attached hydrogens (tertiary/aromatic N) is 3. The van der Waals surface area contributed by atoms with Crippen molar-refractivity contribution in [1.29, 1.82) is 0 Å². The van der Waals surface area contributed by atoms with E-state index in [0.717, 1.165) is 11.4 Å². The van der Waals surface area contributed by atoms with Gasteiger partial charge in [-0.2, -0.15) is 4.39 Å². The van der Waals surface area contributed by atoms with Gasteiger partial charge in [-0.25, -0.2) is 14.3 Å². The number of carbonyl (C=O) groups is 2. The van der Waals surface area contributed by atoms with Gasteiger partial charge in [-0.3, -0.25) is 0 Å². The van der Waals surface area contributed by atoms with E-state index in [1.54, 1.807) is 32.4 Å². The third kappa shape index (κ3) is 5.83. The highest BCUT2D eigenvalue weighted by Gasteiger charge is 2.33. The van der Waals surface area contributed by atoms with Crippen LogP contribution in [0.15, 0.2) is 24.3 Å². The molecule has 0 unspecified atom stereocenters. The van der Waals surface area contributed by atoms with E-state index in [0.29, 0.717) is 24.4 Å². The number of benzene rings is 1. The van der Waals surface area contributed by atoms with Crippen LogP contribution in [-0.2, 0) is 27.2 Å². The fourth-order valence-corrected chi connectivity index (χ4v) is 3.53. The number of carbonyl (C=O) groups excluding carboxylic acids is 2. The molecule has 0 N–H and O–H groups in total. The second-order valence-corrected chi connectivity index (χ2v) is 9.23. The van der Waals surface area contributed by atoms with Crippen LogP contribution in [0.3, 0.4) is 0 Å². The number of hydrogen-bond acceptors (Lipinski definition) is 6. The molecule has 0 saturated heterocycles. The van der Waals surface area contributed by atoms with Crippen molar-refractivity contribution >= 4 is 12.1 Å². The van der Waals surface area contributed by atoms with Crippen molar-refractivity contribution in [3.05, 3.63) is 41.1 Å². The maximum Gasteiger partial charge on any atom is 0.410 e. The SMILES string of the molecule is CCOC(=O)[C@@H](F)Oc1nn(-c2ccc(C(C)C)cc2)c2c1CN(C(=O)OC(C)(C)C)CC2. The Hall–Kier alpha value is -3.10. The third-order valence-electron chi connectivity index (χ3n) is 5.16. The van der Waals surface area contributed by atoms with E-state index in [1.807, 2.05) is 24.3 Å². The van der Waals surface area contributed by atoms with Gasteiger partial charge in [0.15, 0.2) is 0 Å². The summed E-state index contributed by atoms with van der Waals surface area (Å²) in [5, 5.41) is 4.46. The van der Waals surface area contributed by atoms with Gasteiger partial charge in [0.2, 0.25) is 5.88 Å². The minimum Gasteiger partial charge on any atom is -0.461 e. The van der Waals surface area contributed by atoms with E-state index < -0.39 is 24.0 Å². The highest BCUT2D eigenvalue weighted by atomic mass is 19.1. The van der Waals surface area contributed by atoms with Gasteiger partial charge in [-0.05, 0) is 51.3 Å². The van der Waals surface area contributed by atoms with Crippen LogP contribution < -0.4 is 4.74 Å². The first-order valence-corrected chi connectivity index (χ1v) is 11.2. The van der Waals surface area contributed by atoms with E-state index >= 15 is 0 Å². The molecule has 1 atom stereocenters. The van der Waals surface area contributed by atoms with Crippen LogP contribution in [0.4, 0.5) is 9.18 Å². The normalized spacial score (nSPS) is 14.6. The smallest absolute Gasteiger partial charge is 0.410 e. The lowest BCUT2D eigenvalue weighted by Crippen LogP contribution is -2.40. The number of aromatic nitrogens is 2. The van der Waals surface area contributed by atoms with E-state index in [1.165, 1.54) is 10.5 Å². The van der Waals surface area contributed by atoms with Crippen LogP contribution in [0.2, 0.25) is 0 Å². The van der Waals surface area contributed by atoms with Gasteiger partial charge < -0.3 is 19.1 Å². The number of halogens is 1. The quantitative estimate of drug-likeness (QED) is 0.588. The van der Waals surface area contributed by atoms with Crippen molar-refractivity contribution in [3.63, 3.8) is 0 Å². The second kappa shape index (κ2) is 9.80. The average molecular weight is 462 g/mol. The zero-order valence-electron chi connectivity index (χ0n) is 20.1. The Morgan fingerprint density at radius 2 is 1.85 bits per heavy atom. The standard InChI is InChI=1S/C24H32FN3O5/c1-7-31-22(29)20(25)32-21-18-14-27(23(30)33-24(4,5)6)13-12-19(18)28(26-21)17-10-8-16(9-11-17)15(2)3/h8-11,15,20H,7,12-14H2,1-6H3/t20-/m0/s1. The molecule has 1 aliphatic rings. The molecule has 1 amide bonds. The Morgan fingerprint density at radius 3 is 2.42 bits per heavy atom. The van der Waals surface area contributed by atoms with Crippen molar-refractivity contribution in [2.45, 2.75) is 72.4 Å². The molecule has 0 aliphatic carbocycles. The fraction of sp³-hybridized carbons (Fsp3) is 0.542. The monoisotopic (exact) mass is 461 g/mol. The topological polar surface area (TPSA) is 82.9 Å². The summed E-state index contributed by atoms with van der Waals surface area (Å²) in [5.74, 6) is -0.794. The van der Waals surface area contributed by atoms with Crippen molar-refractivity contribution in [2.75, 3.05) is 13.2 Å². The van der Waals surface area contributed by atoms with Crippen LogP contribution in [0.5, 0.6) is 5.88 Å².